The number of hydrogen-bond donors (Lipinski definition) is 2. The number of aromatic nitrogens is 2. The van der Waals surface area contributed by atoms with Gasteiger partial charge in [-0.2, -0.15) is 5.10 Å². The molecule has 1 aromatic heterocycles. The predicted molar refractivity (Wildman–Crippen MR) is 103 cm³/mol. The van der Waals surface area contributed by atoms with Gasteiger partial charge in [0, 0.05) is 22.9 Å². The highest BCUT2D eigenvalue weighted by atomic mass is 19.1. The van der Waals surface area contributed by atoms with Crippen LogP contribution in [0.25, 0.3) is 22.2 Å². The summed E-state index contributed by atoms with van der Waals surface area (Å²) >= 11 is 0. The molecule has 3 rings (SSSR count). The van der Waals surface area contributed by atoms with Gasteiger partial charge in [-0.3, -0.25) is 14.7 Å². The molecular weight excluding hydrogens is 345 g/mol. The Morgan fingerprint density at radius 1 is 1.11 bits per heavy atom. The highest BCUT2D eigenvalue weighted by molar-refractivity contribution is 6.02. The first-order valence-electron chi connectivity index (χ1n) is 8.77. The van der Waals surface area contributed by atoms with Crippen molar-refractivity contribution in [3.05, 3.63) is 53.8 Å². The van der Waals surface area contributed by atoms with Crippen LogP contribution in [0.2, 0.25) is 0 Å². The van der Waals surface area contributed by atoms with Crippen LogP contribution < -0.4 is 5.32 Å². The number of carbonyl (C=O) groups excluding carboxylic acids is 2. The number of ketones is 1. The summed E-state index contributed by atoms with van der Waals surface area (Å²) in [6.07, 6.45) is 0.406. The zero-order valence-electron chi connectivity index (χ0n) is 15.6. The van der Waals surface area contributed by atoms with Gasteiger partial charge >= 0.3 is 0 Å². The number of fused-ring (bicyclic) bond motifs is 1. The number of nitrogens with one attached hydrogen (secondary N) is 2. The lowest BCUT2D eigenvalue weighted by Gasteiger charge is -2.16. The van der Waals surface area contributed by atoms with E-state index in [1.165, 1.54) is 12.1 Å². The molecule has 0 unspecified atom stereocenters. The van der Waals surface area contributed by atoms with Crippen LogP contribution in [0.4, 0.5) is 4.39 Å². The lowest BCUT2D eigenvalue weighted by atomic mass is 9.90. The molecule has 0 bridgehead atoms. The fourth-order valence-electron chi connectivity index (χ4n) is 2.92. The van der Waals surface area contributed by atoms with E-state index in [1.54, 1.807) is 30.3 Å². The highest BCUT2D eigenvalue weighted by Crippen LogP contribution is 2.27. The molecule has 0 radical (unpaired) electrons. The Hall–Kier alpha value is -3.02. The Labute approximate surface area is 157 Å². The van der Waals surface area contributed by atoms with Crippen molar-refractivity contribution >= 4 is 22.6 Å². The van der Waals surface area contributed by atoms with Crippen LogP contribution in [0.1, 0.15) is 37.6 Å². The summed E-state index contributed by atoms with van der Waals surface area (Å²) in [5.74, 6) is -0.642. The molecule has 0 aliphatic carbocycles. The van der Waals surface area contributed by atoms with Gasteiger partial charge in [-0.25, -0.2) is 4.39 Å². The number of rotatable bonds is 5. The third-order valence-corrected chi connectivity index (χ3v) is 4.12. The molecule has 3 aromatic rings. The van der Waals surface area contributed by atoms with Crippen LogP contribution in [0.5, 0.6) is 0 Å². The van der Waals surface area contributed by atoms with E-state index in [-0.39, 0.29) is 29.5 Å². The molecule has 0 saturated carbocycles. The molecular formula is C21H22FN3O2. The first-order valence-corrected chi connectivity index (χ1v) is 8.77. The van der Waals surface area contributed by atoms with E-state index in [0.29, 0.717) is 17.7 Å². The summed E-state index contributed by atoms with van der Waals surface area (Å²) in [7, 11) is 0. The van der Waals surface area contributed by atoms with Gasteiger partial charge in [0.05, 0.1) is 17.8 Å². The Bertz CT molecular complexity index is 985. The molecule has 0 aliphatic heterocycles. The summed E-state index contributed by atoms with van der Waals surface area (Å²) in [6.45, 7) is 5.95. The summed E-state index contributed by atoms with van der Waals surface area (Å²) in [6, 6.07) is 11.2. The van der Waals surface area contributed by atoms with E-state index in [1.807, 2.05) is 20.8 Å². The minimum Gasteiger partial charge on any atom is -0.345 e. The summed E-state index contributed by atoms with van der Waals surface area (Å²) in [5.41, 5.74) is 2.50. The average Bonchev–Trinajstić information content (AvgIpc) is 3.02. The fraction of sp³-hybridized carbons (Fsp3) is 0.286. The SMILES string of the molecule is CC(C)(C)CC(=O)CNC(=O)c1ccc2[nH]nc(-c3ccc(F)cc3)c2c1. The van der Waals surface area contributed by atoms with Crippen molar-refractivity contribution in [1.29, 1.82) is 0 Å². The minimum atomic E-state index is -0.321. The van der Waals surface area contributed by atoms with E-state index in [9.17, 15) is 14.0 Å². The monoisotopic (exact) mass is 367 g/mol. The van der Waals surface area contributed by atoms with E-state index >= 15 is 0 Å². The number of carbonyl (C=O) groups is 2. The number of hydrogen-bond acceptors (Lipinski definition) is 3. The maximum atomic E-state index is 13.2. The molecule has 2 N–H and O–H groups in total. The first kappa shape index (κ1) is 18.8. The van der Waals surface area contributed by atoms with Gasteiger partial charge < -0.3 is 5.32 Å². The van der Waals surface area contributed by atoms with Gasteiger partial charge in [0.15, 0.2) is 5.78 Å². The van der Waals surface area contributed by atoms with E-state index < -0.39 is 0 Å². The number of halogens is 1. The fourth-order valence-corrected chi connectivity index (χ4v) is 2.92. The quantitative estimate of drug-likeness (QED) is 0.713. The smallest absolute Gasteiger partial charge is 0.251 e. The van der Waals surface area contributed by atoms with Gasteiger partial charge in [0.25, 0.3) is 5.91 Å². The third kappa shape index (κ3) is 4.58. The normalized spacial score (nSPS) is 11.6. The van der Waals surface area contributed by atoms with Crippen molar-refractivity contribution in [3.8, 4) is 11.3 Å². The topological polar surface area (TPSA) is 74.8 Å². The molecule has 140 valence electrons. The Morgan fingerprint density at radius 2 is 1.81 bits per heavy atom. The zero-order chi connectivity index (χ0) is 19.6. The summed E-state index contributed by atoms with van der Waals surface area (Å²) in [4.78, 5) is 24.4. The molecule has 2 aromatic carbocycles. The molecule has 1 heterocycles. The molecule has 0 fully saturated rings. The van der Waals surface area contributed by atoms with Crippen LogP contribution in [0, 0.1) is 11.2 Å². The van der Waals surface area contributed by atoms with Crippen molar-refractivity contribution in [2.75, 3.05) is 6.54 Å². The minimum absolute atomic E-state index is 0.00431. The second kappa shape index (κ2) is 7.31. The Balaban J connectivity index is 1.79. The number of nitrogens with zero attached hydrogens (tertiary/aromatic N) is 1. The van der Waals surface area contributed by atoms with Crippen LogP contribution in [0.3, 0.4) is 0 Å². The number of Topliss-reactive ketones (excluding diaryl/α,β-unsaturated/α-hetero) is 1. The van der Waals surface area contributed by atoms with Crippen molar-refractivity contribution in [2.24, 2.45) is 5.41 Å². The molecule has 1 amide bonds. The maximum absolute atomic E-state index is 13.2. The maximum Gasteiger partial charge on any atom is 0.251 e. The van der Waals surface area contributed by atoms with Crippen LogP contribution in [-0.2, 0) is 4.79 Å². The number of H-pyrrole nitrogens is 1. The second-order valence-corrected chi connectivity index (χ2v) is 7.80. The van der Waals surface area contributed by atoms with Gasteiger partial charge in [0.2, 0.25) is 0 Å². The lowest BCUT2D eigenvalue weighted by molar-refractivity contribution is -0.119. The first-order chi connectivity index (χ1) is 12.7. The van der Waals surface area contributed by atoms with Crippen LogP contribution >= 0.6 is 0 Å². The molecule has 0 spiro atoms. The Kier molecular flexibility index (Phi) is 5.08. The van der Waals surface area contributed by atoms with E-state index in [0.717, 1.165) is 16.5 Å². The number of amides is 1. The molecule has 0 aliphatic rings. The molecule has 0 saturated heterocycles. The van der Waals surface area contributed by atoms with E-state index in [2.05, 4.69) is 15.5 Å². The van der Waals surface area contributed by atoms with Crippen molar-refractivity contribution in [3.63, 3.8) is 0 Å². The Morgan fingerprint density at radius 3 is 2.48 bits per heavy atom. The predicted octanol–water partition coefficient (Wildman–Crippen LogP) is 4.10. The summed E-state index contributed by atoms with van der Waals surface area (Å²) < 4.78 is 13.2. The average molecular weight is 367 g/mol. The molecule has 0 atom stereocenters. The largest absolute Gasteiger partial charge is 0.345 e. The lowest BCUT2D eigenvalue weighted by Crippen LogP contribution is -2.31. The van der Waals surface area contributed by atoms with Crippen molar-refractivity contribution in [2.45, 2.75) is 27.2 Å². The van der Waals surface area contributed by atoms with Gasteiger partial charge in [-0.15, -0.1) is 0 Å². The van der Waals surface area contributed by atoms with Gasteiger partial charge in [0.1, 0.15) is 5.82 Å². The molecule has 27 heavy (non-hydrogen) atoms. The highest BCUT2D eigenvalue weighted by Gasteiger charge is 2.17. The zero-order valence-corrected chi connectivity index (χ0v) is 15.6. The number of benzene rings is 2. The van der Waals surface area contributed by atoms with Crippen molar-refractivity contribution in [1.82, 2.24) is 15.5 Å². The number of aromatic amines is 1. The second-order valence-electron chi connectivity index (χ2n) is 7.80. The van der Waals surface area contributed by atoms with Crippen molar-refractivity contribution < 1.29 is 14.0 Å². The third-order valence-electron chi connectivity index (χ3n) is 4.12. The molecule has 5 nitrogen and oxygen atoms in total. The van der Waals surface area contributed by atoms with Crippen LogP contribution in [-0.4, -0.2) is 28.4 Å². The molecule has 6 heteroatoms. The summed E-state index contributed by atoms with van der Waals surface area (Å²) in [5, 5.41) is 10.6. The van der Waals surface area contributed by atoms with E-state index in [4.69, 9.17) is 0 Å². The van der Waals surface area contributed by atoms with Gasteiger partial charge in [-0.05, 0) is 47.9 Å². The standard InChI is InChI=1S/C21H22FN3O2/c1-21(2,3)11-16(26)12-23-20(27)14-6-9-18-17(10-14)19(25-24-18)13-4-7-15(22)8-5-13/h4-10H,11-12H2,1-3H3,(H,23,27)(H,24,25). The van der Waals surface area contributed by atoms with Crippen LogP contribution in [0.15, 0.2) is 42.5 Å². The van der Waals surface area contributed by atoms with Gasteiger partial charge in [-0.1, -0.05) is 20.8 Å².